The van der Waals surface area contributed by atoms with Gasteiger partial charge in [-0.25, -0.2) is 14.4 Å². The molecule has 0 atom stereocenters. The number of halogens is 1. The van der Waals surface area contributed by atoms with Gasteiger partial charge in [-0.2, -0.15) is 0 Å². The highest BCUT2D eigenvalue weighted by Crippen LogP contribution is 2.30. The van der Waals surface area contributed by atoms with Crippen molar-refractivity contribution in [3.05, 3.63) is 71.1 Å². The van der Waals surface area contributed by atoms with Crippen LogP contribution in [0.3, 0.4) is 0 Å². The maximum atomic E-state index is 14.7. The number of nitrogens with one attached hydrogen (secondary N) is 1. The van der Waals surface area contributed by atoms with Crippen molar-refractivity contribution in [2.75, 3.05) is 18.5 Å². The summed E-state index contributed by atoms with van der Waals surface area (Å²) in [4.78, 5) is 19.6. The van der Waals surface area contributed by atoms with E-state index in [-0.39, 0.29) is 11.3 Å². The minimum atomic E-state index is -1.12. The Kier molecular flexibility index (Phi) is 6.61. The van der Waals surface area contributed by atoms with Gasteiger partial charge in [-0.15, -0.1) is 11.3 Å². The average molecular weight is 452 g/mol. The van der Waals surface area contributed by atoms with Gasteiger partial charge in [-0.05, 0) is 53.9 Å². The number of fused-ring (bicyclic) bond motifs is 1. The number of benzene rings is 2. The number of aromatic nitrogens is 2. The van der Waals surface area contributed by atoms with Crippen LogP contribution >= 0.6 is 11.3 Å². The second-order valence-electron chi connectivity index (χ2n) is 7.20. The number of hydrogen-bond donors (Lipinski definition) is 2. The lowest BCUT2D eigenvalue weighted by atomic mass is 10.0. The molecule has 0 fully saturated rings. The number of carboxylic acids is 1. The number of carbonyl (C=O) groups is 1. The van der Waals surface area contributed by atoms with Gasteiger partial charge >= 0.3 is 5.97 Å². The van der Waals surface area contributed by atoms with Crippen molar-refractivity contribution in [2.24, 2.45) is 0 Å². The van der Waals surface area contributed by atoms with E-state index >= 15 is 0 Å². The summed E-state index contributed by atoms with van der Waals surface area (Å²) >= 11 is 1.73. The molecule has 0 aliphatic heterocycles. The summed E-state index contributed by atoms with van der Waals surface area (Å²) in [5.74, 6) is -0.920. The Morgan fingerprint density at radius 1 is 1.19 bits per heavy atom. The number of aliphatic carboxylic acids is 1. The Morgan fingerprint density at radius 3 is 2.88 bits per heavy atom. The summed E-state index contributed by atoms with van der Waals surface area (Å²) in [6, 6.07) is 13.2. The first-order valence-corrected chi connectivity index (χ1v) is 11.1. The van der Waals surface area contributed by atoms with Crippen molar-refractivity contribution in [3.63, 3.8) is 0 Å². The topological polar surface area (TPSA) is 84.3 Å². The highest BCUT2D eigenvalue weighted by molar-refractivity contribution is 7.17. The first-order valence-electron chi connectivity index (χ1n) is 10.2. The van der Waals surface area contributed by atoms with Crippen LogP contribution in [-0.2, 0) is 17.6 Å². The van der Waals surface area contributed by atoms with E-state index in [1.165, 1.54) is 28.0 Å². The minimum absolute atomic E-state index is 0.0260. The largest absolute Gasteiger partial charge is 0.493 e. The molecule has 164 valence electrons. The van der Waals surface area contributed by atoms with Crippen LogP contribution in [0, 0.1) is 5.82 Å². The van der Waals surface area contributed by atoms with E-state index in [0.717, 1.165) is 6.42 Å². The molecule has 2 aromatic carbocycles. The molecule has 6 nitrogen and oxygen atoms in total. The maximum Gasteiger partial charge on any atom is 0.308 e. The maximum absolute atomic E-state index is 14.7. The number of hydrogen-bond acceptors (Lipinski definition) is 6. The van der Waals surface area contributed by atoms with E-state index < -0.39 is 18.2 Å². The highest BCUT2D eigenvalue weighted by Gasteiger charge is 2.17. The first-order chi connectivity index (χ1) is 15.5. The van der Waals surface area contributed by atoms with Gasteiger partial charge in [-0.3, -0.25) is 4.79 Å². The third kappa shape index (κ3) is 5.03. The fraction of sp³-hybridized carbons (Fsp3) is 0.208. The number of ether oxygens (including phenoxy) is 1. The molecule has 4 rings (SSSR count). The van der Waals surface area contributed by atoms with Gasteiger partial charge < -0.3 is 15.2 Å². The number of nitrogens with zero attached hydrogens (tertiary/aromatic N) is 2. The smallest absolute Gasteiger partial charge is 0.308 e. The van der Waals surface area contributed by atoms with Crippen LogP contribution in [-0.4, -0.2) is 34.2 Å². The first kappa shape index (κ1) is 21.7. The minimum Gasteiger partial charge on any atom is -0.493 e. The molecule has 0 spiro atoms. The summed E-state index contributed by atoms with van der Waals surface area (Å²) in [5, 5.41) is 15.7. The van der Waals surface area contributed by atoms with E-state index in [4.69, 9.17) is 9.84 Å². The summed E-state index contributed by atoms with van der Waals surface area (Å²) in [6.07, 6.45) is 1.80. The molecule has 0 radical (unpaired) electrons. The summed E-state index contributed by atoms with van der Waals surface area (Å²) < 4.78 is 21.4. The van der Waals surface area contributed by atoms with E-state index in [0.29, 0.717) is 30.2 Å². The van der Waals surface area contributed by atoms with Crippen molar-refractivity contribution in [1.29, 1.82) is 0 Å². The summed E-state index contributed by atoms with van der Waals surface area (Å²) in [6.45, 7) is 2.74. The molecule has 2 heterocycles. The van der Waals surface area contributed by atoms with E-state index in [2.05, 4.69) is 44.9 Å². The van der Waals surface area contributed by atoms with Crippen molar-refractivity contribution in [1.82, 2.24) is 9.97 Å². The molecular weight excluding hydrogens is 429 g/mol. The Morgan fingerprint density at radius 2 is 2.06 bits per heavy atom. The number of anilines is 1. The third-order valence-corrected chi connectivity index (χ3v) is 5.88. The Balaban J connectivity index is 1.49. The molecule has 2 N–H and O–H groups in total. The lowest BCUT2D eigenvalue weighted by Gasteiger charge is -2.13. The molecule has 8 heteroatoms. The van der Waals surface area contributed by atoms with Gasteiger partial charge in [0.2, 0.25) is 0 Å². The fourth-order valence-electron chi connectivity index (χ4n) is 3.48. The second-order valence-corrected chi connectivity index (χ2v) is 8.14. The molecule has 0 unspecified atom stereocenters. The summed E-state index contributed by atoms with van der Waals surface area (Å²) in [5.41, 5.74) is 2.27. The quantitative estimate of drug-likeness (QED) is 0.365. The van der Waals surface area contributed by atoms with Gasteiger partial charge in [0.1, 0.15) is 23.7 Å². The number of rotatable bonds is 9. The zero-order valence-corrected chi connectivity index (χ0v) is 18.3. The van der Waals surface area contributed by atoms with Gasteiger partial charge in [0, 0.05) is 28.4 Å². The van der Waals surface area contributed by atoms with Crippen LogP contribution in [0.5, 0.6) is 5.75 Å². The van der Waals surface area contributed by atoms with Gasteiger partial charge in [0.15, 0.2) is 0 Å². The SMILES string of the molecule is CCOc1cc(-c2cc(NCCc3ccc4sccc4c3)ncn2)cc(F)c1CC(=O)O. The van der Waals surface area contributed by atoms with Gasteiger partial charge in [-0.1, -0.05) is 12.1 Å². The number of carboxylic acid groups (broad SMARTS) is 1. The Labute approximate surface area is 188 Å². The van der Waals surface area contributed by atoms with E-state index in [1.54, 1.807) is 30.4 Å². The number of thiophene rings is 1. The Hall–Kier alpha value is -3.52. The molecule has 0 saturated heterocycles. The van der Waals surface area contributed by atoms with Crippen molar-refractivity contribution < 1.29 is 19.0 Å². The van der Waals surface area contributed by atoms with Crippen molar-refractivity contribution in [2.45, 2.75) is 19.8 Å². The molecule has 0 amide bonds. The average Bonchev–Trinajstić information content (AvgIpc) is 3.24. The van der Waals surface area contributed by atoms with Crippen LogP contribution in [0.25, 0.3) is 21.3 Å². The summed E-state index contributed by atoms with van der Waals surface area (Å²) in [7, 11) is 0. The lowest BCUT2D eigenvalue weighted by Crippen LogP contribution is -2.08. The predicted molar refractivity (Wildman–Crippen MR) is 124 cm³/mol. The van der Waals surface area contributed by atoms with E-state index in [9.17, 15) is 9.18 Å². The molecule has 0 saturated carbocycles. The molecule has 4 aromatic rings. The molecule has 32 heavy (non-hydrogen) atoms. The molecule has 0 aliphatic carbocycles. The monoisotopic (exact) mass is 451 g/mol. The molecular formula is C24H22FN3O3S. The standard InChI is InChI=1S/C24H22FN3O3S/c1-2-31-21-11-17(10-19(25)18(21)12-24(29)30)20-13-23(28-14-27-20)26-7-5-15-3-4-22-16(9-15)6-8-32-22/h3-4,6,8-11,13-14H,2,5,7,12H2,1H3,(H,29,30)(H,26,27,28). The van der Waals surface area contributed by atoms with Crippen LogP contribution < -0.4 is 10.1 Å². The zero-order chi connectivity index (χ0) is 22.5. The van der Waals surface area contributed by atoms with Gasteiger partial charge in [0.25, 0.3) is 0 Å². The van der Waals surface area contributed by atoms with Crippen molar-refractivity contribution >= 4 is 33.2 Å². The zero-order valence-electron chi connectivity index (χ0n) is 17.5. The molecule has 0 bridgehead atoms. The van der Waals surface area contributed by atoms with Crippen LogP contribution in [0.2, 0.25) is 0 Å². The van der Waals surface area contributed by atoms with Crippen LogP contribution in [0.15, 0.2) is 54.2 Å². The second kappa shape index (κ2) is 9.74. The van der Waals surface area contributed by atoms with Crippen LogP contribution in [0.4, 0.5) is 10.2 Å². The van der Waals surface area contributed by atoms with Crippen molar-refractivity contribution in [3.8, 4) is 17.0 Å². The predicted octanol–water partition coefficient (Wildman–Crippen LogP) is 5.18. The highest BCUT2D eigenvalue weighted by atomic mass is 32.1. The lowest BCUT2D eigenvalue weighted by molar-refractivity contribution is -0.136. The van der Waals surface area contributed by atoms with E-state index in [1.807, 2.05) is 0 Å². The third-order valence-electron chi connectivity index (χ3n) is 4.98. The molecule has 0 aliphatic rings. The normalized spacial score (nSPS) is 10.9. The van der Waals surface area contributed by atoms with Gasteiger partial charge in [0.05, 0.1) is 18.7 Å². The Bertz CT molecular complexity index is 1260. The van der Waals surface area contributed by atoms with Crippen LogP contribution in [0.1, 0.15) is 18.1 Å². The molecule has 2 aromatic heterocycles. The fourth-order valence-corrected chi connectivity index (χ4v) is 4.26.